The van der Waals surface area contributed by atoms with Crippen molar-refractivity contribution in [1.82, 2.24) is 18.8 Å². The Morgan fingerprint density at radius 2 is 1.67 bits per heavy atom. The molecule has 1 aliphatic rings. The number of rotatable bonds is 4. The number of nitrogens with zero attached hydrogens (tertiary/aromatic N) is 4. The first-order chi connectivity index (χ1) is 14.4. The number of sulfonamides is 1. The Hall–Kier alpha value is -2.75. The molecule has 30 heavy (non-hydrogen) atoms. The second-order valence-electron chi connectivity index (χ2n) is 6.91. The molecule has 0 unspecified atom stereocenters. The summed E-state index contributed by atoms with van der Waals surface area (Å²) >= 11 is 5.83. The number of carbonyl (C=O) groups is 1. The van der Waals surface area contributed by atoms with Crippen LogP contribution in [0, 0.1) is 0 Å². The molecule has 3 aromatic rings. The number of fused-ring (bicyclic) bond motifs is 1. The summed E-state index contributed by atoms with van der Waals surface area (Å²) in [4.78, 5) is 30.9. The number of hydrogen-bond acceptors (Lipinski definition) is 5. The van der Waals surface area contributed by atoms with Crippen LogP contribution in [0.3, 0.4) is 0 Å². The van der Waals surface area contributed by atoms with E-state index in [9.17, 15) is 18.0 Å². The topological polar surface area (TPSA) is 92.6 Å². The summed E-state index contributed by atoms with van der Waals surface area (Å²) in [5.41, 5.74) is 0.858. The second-order valence-corrected chi connectivity index (χ2v) is 9.28. The molecule has 0 aliphatic carbocycles. The maximum atomic E-state index is 12.8. The van der Waals surface area contributed by atoms with Crippen LogP contribution >= 0.6 is 11.6 Å². The monoisotopic (exact) mass is 446 g/mol. The number of halogens is 1. The van der Waals surface area contributed by atoms with Gasteiger partial charge < -0.3 is 4.90 Å². The molecule has 8 nitrogen and oxygen atoms in total. The molecule has 1 amide bonds. The fourth-order valence-corrected chi connectivity index (χ4v) is 4.99. The van der Waals surface area contributed by atoms with Gasteiger partial charge in [-0.2, -0.15) is 4.31 Å². The van der Waals surface area contributed by atoms with Gasteiger partial charge in [0.05, 0.1) is 22.1 Å². The maximum absolute atomic E-state index is 12.8. The predicted octanol–water partition coefficient (Wildman–Crippen LogP) is 1.58. The lowest BCUT2D eigenvalue weighted by molar-refractivity contribution is -0.133. The Morgan fingerprint density at radius 1 is 1.00 bits per heavy atom. The van der Waals surface area contributed by atoms with Crippen molar-refractivity contribution in [3.05, 3.63) is 70.1 Å². The van der Waals surface area contributed by atoms with Gasteiger partial charge in [0.2, 0.25) is 15.9 Å². The molecular formula is C20H19ClN4O4S. The SMILES string of the molecule is O=C(Cn1c(=O)cnc2ccccc21)N1CCN(S(=O)(=O)c2ccc(Cl)cc2)CC1. The molecule has 1 saturated heterocycles. The Balaban J connectivity index is 1.46. The molecule has 1 aliphatic heterocycles. The summed E-state index contributed by atoms with van der Waals surface area (Å²) in [6.45, 7) is 0.754. The van der Waals surface area contributed by atoms with Crippen LogP contribution in [0.1, 0.15) is 0 Å². The predicted molar refractivity (Wildman–Crippen MR) is 113 cm³/mol. The Kier molecular flexibility index (Phi) is 5.59. The lowest BCUT2D eigenvalue weighted by Gasteiger charge is -2.34. The maximum Gasteiger partial charge on any atom is 0.269 e. The molecule has 0 spiro atoms. The minimum atomic E-state index is -3.65. The van der Waals surface area contributed by atoms with E-state index in [1.54, 1.807) is 23.1 Å². The van der Waals surface area contributed by atoms with E-state index in [4.69, 9.17) is 11.6 Å². The summed E-state index contributed by atoms with van der Waals surface area (Å²) < 4.78 is 28.3. The number of aromatic nitrogens is 2. The average Bonchev–Trinajstić information content (AvgIpc) is 2.76. The van der Waals surface area contributed by atoms with Crippen LogP contribution in [0.2, 0.25) is 5.02 Å². The zero-order chi connectivity index (χ0) is 21.3. The normalized spacial score (nSPS) is 15.4. The molecule has 2 aromatic carbocycles. The molecule has 10 heteroatoms. The highest BCUT2D eigenvalue weighted by atomic mass is 35.5. The van der Waals surface area contributed by atoms with Crippen molar-refractivity contribution in [1.29, 1.82) is 0 Å². The van der Waals surface area contributed by atoms with Crippen LogP contribution in [0.4, 0.5) is 0 Å². The molecule has 0 bridgehead atoms. The number of hydrogen-bond donors (Lipinski definition) is 0. The molecule has 0 saturated carbocycles. The number of para-hydroxylation sites is 2. The van der Waals surface area contributed by atoms with E-state index in [1.165, 1.54) is 39.3 Å². The first-order valence-corrected chi connectivity index (χ1v) is 11.2. The summed E-state index contributed by atoms with van der Waals surface area (Å²) in [6.07, 6.45) is 1.20. The average molecular weight is 447 g/mol. The molecule has 1 aromatic heterocycles. The van der Waals surface area contributed by atoms with E-state index >= 15 is 0 Å². The van der Waals surface area contributed by atoms with Crippen molar-refractivity contribution in [2.75, 3.05) is 26.2 Å². The van der Waals surface area contributed by atoms with Crippen molar-refractivity contribution in [2.24, 2.45) is 0 Å². The molecular weight excluding hydrogens is 428 g/mol. The quantitative estimate of drug-likeness (QED) is 0.606. The van der Waals surface area contributed by atoms with Crippen LogP contribution in [0.5, 0.6) is 0 Å². The lowest BCUT2D eigenvalue weighted by atomic mass is 10.3. The van der Waals surface area contributed by atoms with Gasteiger partial charge in [0.1, 0.15) is 6.54 Å². The largest absolute Gasteiger partial charge is 0.338 e. The van der Waals surface area contributed by atoms with Crippen molar-refractivity contribution in [3.63, 3.8) is 0 Å². The van der Waals surface area contributed by atoms with Gasteiger partial charge >= 0.3 is 0 Å². The first kappa shape index (κ1) is 20.5. The van der Waals surface area contributed by atoms with Gasteiger partial charge in [-0.05, 0) is 36.4 Å². The number of piperazine rings is 1. The van der Waals surface area contributed by atoms with E-state index in [-0.39, 0.29) is 49.1 Å². The van der Waals surface area contributed by atoms with E-state index in [2.05, 4.69) is 4.98 Å². The van der Waals surface area contributed by atoms with Crippen molar-refractivity contribution >= 4 is 38.6 Å². The fraction of sp³-hybridized carbons (Fsp3) is 0.250. The van der Waals surface area contributed by atoms with E-state index in [1.807, 2.05) is 6.07 Å². The molecule has 0 atom stereocenters. The minimum absolute atomic E-state index is 0.119. The fourth-order valence-electron chi connectivity index (χ4n) is 3.45. The highest BCUT2D eigenvalue weighted by molar-refractivity contribution is 7.89. The van der Waals surface area contributed by atoms with E-state index in [0.29, 0.717) is 16.1 Å². The second kappa shape index (κ2) is 8.17. The summed E-state index contributed by atoms with van der Waals surface area (Å²) in [7, 11) is -3.65. The summed E-state index contributed by atoms with van der Waals surface area (Å²) in [5, 5.41) is 0.461. The molecule has 2 heterocycles. The minimum Gasteiger partial charge on any atom is -0.338 e. The Morgan fingerprint density at radius 3 is 2.37 bits per heavy atom. The molecule has 4 rings (SSSR count). The van der Waals surface area contributed by atoms with Gasteiger partial charge in [-0.15, -0.1) is 0 Å². The lowest BCUT2D eigenvalue weighted by Crippen LogP contribution is -2.51. The van der Waals surface area contributed by atoms with E-state index in [0.717, 1.165) is 0 Å². The third-order valence-electron chi connectivity index (χ3n) is 5.09. The van der Waals surface area contributed by atoms with Gasteiger partial charge in [-0.3, -0.25) is 14.2 Å². The third-order valence-corrected chi connectivity index (χ3v) is 7.25. The van der Waals surface area contributed by atoms with Gasteiger partial charge in [0.25, 0.3) is 5.56 Å². The third kappa shape index (κ3) is 3.96. The van der Waals surface area contributed by atoms with Crippen LogP contribution in [-0.4, -0.2) is 59.3 Å². The highest BCUT2D eigenvalue weighted by Gasteiger charge is 2.30. The molecule has 1 fully saturated rings. The van der Waals surface area contributed by atoms with Crippen LogP contribution < -0.4 is 5.56 Å². The van der Waals surface area contributed by atoms with Crippen LogP contribution in [0.25, 0.3) is 11.0 Å². The Bertz CT molecular complexity index is 1250. The van der Waals surface area contributed by atoms with E-state index < -0.39 is 10.0 Å². The smallest absolute Gasteiger partial charge is 0.269 e. The van der Waals surface area contributed by atoms with Gasteiger partial charge in [-0.1, -0.05) is 23.7 Å². The standard InChI is InChI=1S/C20H19ClN4O4S/c21-15-5-7-16(8-6-15)30(28,29)24-11-9-23(10-12-24)20(27)14-25-18-4-2-1-3-17(18)22-13-19(25)26/h1-8,13H,9-12,14H2. The van der Waals surface area contributed by atoms with Crippen molar-refractivity contribution in [2.45, 2.75) is 11.4 Å². The molecule has 0 N–H and O–H groups in total. The zero-order valence-corrected chi connectivity index (χ0v) is 17.5. The Labute approximate surface area is 178 Å². The highest BCUT2D eigenvalue weighted by Crippen LogP contribution is 2.20. The van der Waals surface area contributed by atoms with Gasteiger partial charge in [0.15, 0.2) is 0 Å². The van der Waals surface area contributed by atoms with Gasteiger partial charge in [0, 0.05) is 31.2 Å². The van der Waals surface area contributed by atoms with Crippen LogP contribution in [-0.2, 0) is 21.4 Å². The van der Waals surface area contributed by atoms with Crippen molar-refractivity contribution < 1.29 is 13.2 Å². The molecule has 156 valence electrons. The first-order valence-electron chi connectivity index (χ1n) is 9.34. The van der Waals surface area contributed by atoms with Gasteiger partial charge in [-0.25, -0.2) is 13.4 Å². The molecule has 0 radical (unpaired) electrons. The summed E-state index contributed by atoms with van der Waals surface area (Å²) in [5.74, 6) is -0.239. The number of amides is 1. The van der Waals surface area contributed by atoms with Crippen molar-refractivity contribution in [3.8, 4) is 0 Å². The number of carbonyl (C=O) groups excluding carboxylic acids is 1. The van der Waals surface area contributed by atoms with Crippen LogP contribution in [0.15, 0.2) is 64.4 Å². The summed E-state index contributed by atoms with van der Waals surface area (Å²) in [6, 6.07) is 13.1. The number of benzene rings is 2. The zero-order valence-electron chi connectivity index (χ0n) is 15.9.